The fourth-order valence-corrected chi connectivity index (χ4v) is 3.36. The number of carbonyl (C=O) groups is 1. The van der Waals surface area contributed by atoms with Gasteiger partial charge in [0.2, 0.25) is 5.91 Å². The maximum atomic E-state index is 12.5. The molecule has 7 heteroatoms. The van der Waals surface area contributed by atoms with E-state index in [0.717, 1.165) is 18.4 Å². The molecule has 1 amide bonds. The Kier molecular flexibility index (Phi) is 5.45. The number of piperidine rings is 1. The minimum atomic E-state index is -0.390. The van der Waals surface area contributed by atoms with E-state index in [9.17, 15) is 9.90 Å². The number of rotatable bonds is 6. The minimum absolute atomic E-state index is 0.00313. The van der Waals surface area contributed by atoms with Gasteiger partial charge in [0.1, 0.15) is 19.5 Å². The van der Waals surface area contributed by atoms with Gasteiger partial charge in [-0.05, 0) is 18.4 Å². The Morgan fingerprint density at radius 1 is 1.36 bits per heavy atom. The Bertz CT molecular complexity index is 703. The maximum Gasteiger partial charge on any atom is 0.248 e. The smallest absolute Gasteiger partial charge is 0.248 e. The number of aryl methyl sites for hydroxylation is 1. The molecule has 1 unspecified atom stereocenters. The highest BCUT2D eigenvalue weighted by Crippen LogP contribution is 2.33. The second-order valence-electron chi connectivity index (χ2n) is 6.52. The molecule has 0 bridgehead atoms. The number of carbonyl (C=O) groups excluding carboxylic acids is 1. The monoisotopic (exact) mass is 344 g/mol. The average molecular weight is 344 g/mol. The molecule has 1 aromatic heterocycles. The van der Waals surface area contributed by atoms with Crippen LogP contribution in [0.4, 0.5) is 0 Å². The second-order valence-corrected chi connectivity index (χ2v) is 6.52. The van der Waals surface area contributed by atoms with Gasteiger partial charge in [-0.3, -0.25) is 9.48 Å². The predicted octanol–water partition coefficient (Wildman–Crippen LogP) is 0.884. The topological polar surface area (TPSA) is 80.5 Å². The number of amides is 1. The zero-order chi connectivity index (χ0) is 17.7. The number of aromatic nitrogens is 3. The lowest BCUT2D eigenvalue weighted by Crippen LogP contribution is -2.51. The van der Waals surface area contributed by atoms with Crippen molar-refractivity contribution < 1.29 is 14.6 Å². The van der Waals surface area contributed by atoms with Gasteiger partial charge in [0.15, 0.2) is 5.82 Å². The Morgan fingerprint density at radius 3 is 2.84 bits per heavy atom. The van der Waals surface area contributed by atoms with Gasteiger partial charge in [-0.2, -0.15) is 5.10 Å². The number of benzene rings is 1. The van der Waals surface area contributed by atoms with Gasteiger partial charge in [0.25, 0.3) is 0 Å². The first-order chi connectivity index (χ1) is 12.1. The van der Waals surface area contributed by atoms with E-state index in [0.29, 0.717) is 18.9 Å². The lowest BCUT2D eigenvalue weighted by atomic mass is 9.75. The third-order valence-corrected chi connectivity index (χ3v) is 4.88. The van der Waals surface area contributed by atoms with E-state index in [1.54, 1.807) is 16.6 Å². The van der Waals surface area contributed by atoms with Crippen molar-refractivity contribution in [2.45, 2.75) is 24.9 Å². The second kappa shape index (κ2) is 7.76. The van der Waals surface area contributed by atoms with Crippen LogP contribution < -0.4 is 0 Å². The van der Waals surface area contributed by atoms with Crippen molar-refractivity contribution in [1.82, 2.24) is 19.7 Å². The lowest BCUT2D eigenvalue weighted by molar-refractivity contribution is -0.139. The van der Waals surface area contributed by atoms with Crippen LogP contribution in [0.2, 0.25) is 0 Å². The summed E-state index contributed by atoms with van der Waals surface area (Å²) < 4.78 is 7.13. The summed E-state index contributed by atoms with van der Waals surface area (Å²) in [5.41, 5.74) is 0.689. The van der Waals surface area contributed by atoms with Crippen LogP contribution in [0.5, 0.6) is 0 Å². The van der Waals surface area contributed by atoms with E-state index in [1.807, 2.05) is 30.3 Å². The number of hydrogen-bond donors (Lipinski definition) is 1. The van der Waals surface area contributed by atoms with Crippen LogP contribution in [0.1, 0.15) is 24.2 Å². The summed E-state index contributed by atoms with van der Waals surface area (Å²) in [6, 6.07) is 9.94. The van der Waals surface area contributed by atoms with Gasteiger partial charge in [-0.25, -0.2) is 4.98 Å². The molecule has 1 saturated heterocycles. The van der Waals surface area contributed by atoms with Crippen molar-refractivity contribution in [2.24, 2.45) is 7.05 Å². The van der Waals surface area contributed by atoms with Gasteiger partial charge in [-0.1, -0.05) is 30.3 Å². The van der Waals surface area contributed by atoms with Gasteiger partial charge in [-0.15, -0.1) is 0 Å². The zero-order valence-electron chi connectivity index (χ0n) is 14.5. The number of likely N-dealkylation sites (tertiary alicyclic amines) is 1. The van der Waals surface area contributed by atoms with Gasteiger partial charge >= 0.3 is 0 Å². The molecule has 0 radical (unpaired) electrons. The van der Waals surface area contributed by atoms with Crippen LogP contribution >= 0.6 is 0 Å². The first-order valence-electron chi connectivity index (χ1n) is 8.49. The SMILES string of the molecule is Cn1ncnc1COCC(=O)N1CCCC(CO)(c2ccccc2)C1. The van der Waals surface area contributed by atoms with E-state index in [4.69, 9.17) is 4.74 Å². The van der Waals surface area contributed by atoms with Crippen LogP contribution in [-0.2, 0) is 28.6 Å². The quantitative estimate of drug-likeness (QED) is 0.842. The highest BCUT2D eigenvalue weighted by Gasteiger charge is 2.38. The summed E-state index contributed by atoms with van der Waals surface area (Å²) in [4.78, 5) is 18.4. The van der Waals surface area contributed by atoms with E-state index < -0.39 is 5.41 Å². The third kappa shape index (κ3) is 3.88. The molecule has 1 fully saturated rings. The molecular weight excluding hydrogens is 320 g/mol. The van der Waals surface area contributed by atoms with Crippen LogP contribution in [0, 0.1) is 0 Å². The fraction of sp³-hybridized carbons (Fsp3) is 0.500. The van der Waals surface area contributed by atoms with Crippen molar-refractivity contribution in [3.05, 3.63) is 48.0 Å². The Balaban J connectivity index is 1.60. The molecule has 1 aliphatic rings. The van der Waals surface area contributed by atoms with E-state index in [2.05, 4.69) is 10.1 Å². The molecule has 25 heavy (non-hydrogen) atoms. The Morgan fingerprint density at radius 2 is 2.16 bits per heavy atom. The van der Waals surface area contributed by atoms with Crippen molar-refractivity contribution in [1.29, 1.82) is 0 Å². The summed E-state index contributed by atoms with van der Waals surface area (Å²) in [7, 11) is 1.79. The highest BCUT2D eigenvalue weighted by molar-refractivity contribution is 5.77. The summed E-state index contributed by atoms with van der Waals surface area (Å²) >= 11 is 0. The van der Waals surface area contributed by atoms with Crippen molar-refractivity contribution in [3.8, 4) is 0 Å². The molecule has 1 aromatic carbocycles. The molecule has 0 aliphatic carbocycles. The molecule has 2 aromatic rings. The van der Waals surface area contributed by atoms with Crippen molar-refractivity contribution >= 4 is 5.91 Å². The standard InChI is InChI=1S/C18H24N4O3/c1-21-16(19-14-20-21)10-25-11-17(24)22-9-5-8-18(12-22,13-23)15-6-3-2-4-7-15/h2-4,6-7,14,23H,5,8-13H2,1H3. The van der Waals surface area contributed by atoms with Crippen LogP contribution in [0.25, 0.3) is 0 Å². The van der Waals surface area contributed by atoms with Crippen LogP contribution in [0.3, 0.4) is 0 Å². The molecule has 3 rings (SSSR count). The molecule has 134 valence electrons. The van der Waals surface area contributed by atoms with Gasteiger partial charge < -0.3 is 14.7 Å². The maximum absolute atomic E-state index is 12.5. The lowest BCUT2D eigenvalue weighted by Gasteiger charge is -2.42. The molecule has 7 nitrogen and oxygen atoms in total. The fourth-order valence-electron chi connectivity index (χ4n) is 3.36. The molecule has 1 aliphatic heterocycles. The molecule has 2 heterocycles. The first kappa shape index (κ1) is 17.6. The summed E-state index contributed by atoms with van der Waals surface area (Å²) in [5, 5.41) is 14.0. The number of ether oxygens (including phenoxy) is 1. The largest absolute Gasteiger partial charge is 0.395 e. The van der Waals surface area contributed by atoms with E-state index in [-0.39, 0.29) is 25.7 Å². The van der Waals surface area contributed by atoms with Gasteiger partial charge in [0, 0.05) is 25.6 Å². The molecule has 0 spiro atoms. The van der Waals surface area contributed by atoms with E-state index >= 15 is 0 Å². The zero-order valence-corrected chi connectivity index (χ0v) is 14.5. The molecule has 0 saturated carbocycles. The molecule has 1 atom stereocenters. The number of aliphatic hydroxyl groups excluding tert-OH is 1. The summed E-state index contributed by atoms with van der Waals surface area (Å²) in [6.45, 7) is 1.49. The van der Waals surface area contributed by atoms with E-state index in [1.165, 1.54) is 6.33 Å². The van der Waals surface area contributed by atoms with Crippen molar-refractivity contribution in [2.75, 3.05) is 26.3 Å². The number of hydrogen-bond acceptors (Lipinski definition) is 5. The Hall–Kier alpha value is -2.25. The molecule has 1 N–H and O–H groups in total. The highest BCUT2D eigenvalue weighted by atomic mass is 16.5. The number of nitrogens with zero attached hydrogens (tertiary/aromatic N) is 4. The van der Waals surface area contributed by atoms with Gasteiger partial charge in [0.05, 0.1) is 6.61 Å². The summed E-state index contributed by atoms with van der Waals surface area (Å²) in [5.74, 6) is 0.621. The first-order valence-corrected chi connectivity index (χ1v) is 8.49. The minimum Gasteiger partial charge on any atom is -0.395 e. The van der Waals surface area contributed by atoms with Crippen LogP contribution in [0.15, 0.2) is 36.7 Å². The number of aliphatic hydroxyl groups is 1. The Labute approximate surface area is 147 Å². The third-order valence-electron chi connectivity index (χ3n) is 4.88. The molecular formula is C18H24N4O3. The normalized spacial score (nSPS) is 20.6. The average Bonchev–Trinajstić information content (AvgIpc) is 3.07. The predicted molar refractivity (Wildman–Crippen MR) is 91.7 cm³/mol. The summed E-state index contributed by atoms with van der Waals surface area (Å²) in [6.07, 6.45) is 3.20. The van der Waals surface area contributed by atoms with Crippen LogP contribution in [-0.4, -0.2) is 57.0 Å². The van der Waals surface area contributed by atoms with Crippen molar-refractivity contribution in [3.63, 3.8) is 0 Å².